The topological polar surface area (TPSA) is 69.9 Å². The molecule has 0 spiro atoms. The van der Waals surface area contributed by atoms with Gasteiger partial charge in [0.15, 0.2) is 0 Å². The highest BCUT2D eigenvalue weighted by Gasteiger charge is 2.16. The lowest BCUT2D eigenvalue weighted by molar-refractivity contribution is -0.129. The Bertz CT molecular complexity index is 483. The monoisotopic (exact) mass is 227 g/mol. The van der Waals surface area contributed by atoms with Crippen LogP contribution in [0.15, 0.2) is 22.7 Å². The van der Waals surface area contributed by atoms with Gasteiger partial charge in [0, 0.05) is 5.39 Å². The van der Waals surface area contributed by atoms with Gasteiger partial charge in [-0.05, 0) is 17.5 Å². The van der Waals surface area contributed by atoms with Crippen molar-refractivity contribution in [3.63, 3.8) is 0 Å². The molecule has 2 aromatic rings. The van der Waals surface area contributed by atoms with Crippen molar-refractivity contribution >= 4 is 43.8 Å². The first-order chi connectivity index (χ1) is 6.72. The molecule has 0 aromatic carbocycles. The van der Waals surface area contributed by atoms with E-state index < -0.39 is 5.97 Å². The van der Waals surface area contributed by atoms with Crippen molar-refractivity contribution in [1.29, 1.82) is 0 Å². The zero-order valence-corrected chi connectivity index (χ0v) is 8.43. The lowest BCUT2D eigenvalue weighted by Gasteiger charge is -1.91. The van der Waals surface area contributed by atoms with E-state index in [-0.39, 0.29) is 5.71 Å². The number of hydrogen-bond donors (Lipinski definition) is 2. The van der Waals surface area contributed by atoms with Crippen LogP contribution in [0.2, 0.25) is 0 Å². The molecule has 2 rings (SSSR count). The molecule has 0 bridgehead atoms. The van der Waals surface area contributed by atoms with Gasteiger partial charge in [-0.3, -0.25) is 0 Å². The molecule has 2 heterocycles. The van der Waals surface area contributed by atoms with Gasteiger partial charge in [-0.25, -0.2) is 4.79 Å². The summed E-state index contributed by atoms with van der Waals surface area (Å²) in [5, 5.41) is 22.9. The van der Waals surface area contributed by atoms with Gasteiger partial charge in [0.05, 0.1) is 8.89 Å². The van der Waals surface area contributed by atoms with Crippen LogP contribution in [0.25, 0.3) is 9.40 Å². The standard InChI is InChI=1S/C8H5NO3S2/c10-7(11)6(9-12)5-3-4-1-2-13-8(4)14-5/h1-3,12H,(H,10,11)/b9-6+. The van der Waals surface area contributed by atoms with Gasteiger partial charge >= 0.3 is 5.97 Å². The SMILES string of the molecule is O=C(O)/C(=N/O)c1cc2ccsc2s1. The van der Waals surface area contributed by atoms with Crippen LogP contribution in [-0.2, 0) is 4.79 Å². The van der Waals surface area contributed by atoms with Crippen LogP contribution in [0, 0.1) is 0 Å². The summed E-state index contributed by atoms with van der Waals surface area (Å²) >= 11 is 2.85. The van der Waals surface area contributed by atoms with Gasteiger partial charge in [0.2, 0.25) is 5.71 Å². The van der Waals surface area contributed by atoms with E-state index in [1.165, 1.54) is 22.7 Å². The van der Waals surface area contributed by atoms with Gasteiger partial charge in [-0.15, -0.1) is 22.7 Å². The average molecular weight is 227 g/mol. The molecule has 72 valence electrons. The summed E-state index contributed by atoms with van der Waals surface area (Å²) in [4.78, 5) is 11.1. The fraction of sp³-hybridized carbons (Fsp3) is 0. The fourth-order valence-electron chi connectivity index (χ4n) is 1.08. The minimum Gasteiger partial charge on any atom is -0.476 e. The second-order valence-electron chi connectivity index (χ2n) is 2.53. The first kappa shape index (κ1) is 9.17. The number of aliphatic carboxylic acids is 1. The van der Waals surface area contributed by atoms with Gasteiger partial charge in [-0.2, -0.15) is 0 Å². The maximum absolute atomic E-state index is 10.6. The second kappa shape index (κ2) is 3.39. The van der Waals surface area contributed by atoms with Crippen molar-refractivity contribution in [3.8, 4) is 0 Å². The molecule has 0 unspecified atom stereocenters. The van der Waals surface area contributed by atoms with Gasteiger partial charge in [0.1, 0.15) is 0 Å². The number of fused-ring (bicyclic) bond motifs is 1. The molecule has 4 nitrogen and oxygen atoms in total. The summed E-state index contributed by atoms with van der Waals surface area (Å²) in [6.45, 7) is 0. The molecular formula is C8H5NO3S2. The summed E-state index contributed by atoms with van der Waals surface area (Å²) in [5.41, 5.74) is -0.307. The van der Waals surface area contributed by atoms with Crippen LogP contribution >= 0.6 is 22.7 Å². The highest BCUT2D eigenvalue weighted by molar-refractivity contribution is 7.38. The molecule has 0 fully saturated rings. The largest absolute Gasteiger partial charge is 0.476 e. The van der Waals surface area contributed by atoms with Crippen LogP contribution in [-0.4, -0.2) is 22.0 Å². The second-order valence-corrected chi connectivity index (χ2v) is 4.75. The molecule has 0 aliphatic carbocycles. The van der Waals surface area contributed by atoms with Crippen LogP contribution in [0.5, 0.6) is 0 Å². The van der Waals surface area contributed by atoms with Crippen LogP contribution in [0.4, 0.5) is 0 Å². The van der Waals surface area contributed by atoms with Gasteiger partial charge in [0.25, 0.3) is 0 Å². The number of oxime groups is 1. The molecule has 14 heavy (non-hydrogen) atoms. The number of rotatable bonds is 2. The van der Waals surface area contributed by atoms with Crippen molar-refractivity contribution in [2.24, 2.45) is 5.16 Å². The minimum atomic E-state index is -1.22. The van der Waals surface area contributed by atoms with Crippen molar-refractivity contribution < 1.29 is 15.1 Å². The third kappa shape index (κ3) is 1.38. The minimum absolute atomic E-state index is 0.307. The molecule has 0 atom stereocenters. The summed E-state index contributed by atoms with van der Waals surface area (Å²) in [7, 11) is 0. The Hall–Kier alpha value is -1.40. The quantitative estimate of drug-likeness (QED) is 0.469. The first-order valence-corrected chi connectivity index (χ1v) is 5.34. The zero-order valence-electron chi connectivity index (χ0n) is 6.80. The van der Waals surface area contributed by atoms with Crippen molar-refractivity contribution in [3.05, 3.63) is 22.4 Å². The molecule has 0 aliphatic heterocycles. The number of nitrogens with zero attached hydrogens (tertiary/aromatic N) is 1. The molecule has 0 aliphatic rings. The summed E-state index contributed by atoms with van der Waals surface area (Å²) < 4.78 is 1.03. The third-order valence-electron chi connectivity index (χ3n) is 1.68. The lowest BCUT2D eigenvalue weighted by Crippen LogP contribution is -2.12. The summed E-state index contributed by atoms with van der Waals surface area (Å²) in [6.07, 6.45) is 0. The molecule has 6 heteroatoms. The van der Waals surface area contributed by atoms with E-state index >= 15 is 0 Å². The Morgan fingerprint density at radius 1 is 1.50 bits per heavy atom. The normalized spacial score (nSPS) is 12.1. The molecule has 0 saturated heterocycles. The number of carboxylic acids is 1. The summed E-state index contributed by atoms with van der Waals surface area (Å²) in [5.74, 6) is -1.22. The Balaban J connectivity index is 2.53. The van der Waals surface area contributed by atoms with Crippen molar-refractivity contribution in [1.82, 2.24) is 0 Å². The van der Waals surface area contributed by atoms with E-state index in [0.29, 0.717) is 4.88 Å². The Labute approximate surface area is 86.7 Å². The smallest absolute Gasteiger partial charge is 0.359 e. The Morgan fingerprint density at radius 3 is 2.86 bits per heavy atom. The van der Waals surface area contributed by atoms with Gasteiger partial charge in [-0.1, -0.05) is 5.16 Å². The van der Waals surface area contributed by atoms with E-state index in [4.69, 9.17) is 10.3 Å². The van der Waals surface area contributed by atoms with E-state index in [1.54, 1.807) is 6.07 Å². The summed E-state index contributed by atoms with van der Waals surface area (Å²) in [6, 6.07) is 3.61. The predicted molar refractivity (Wildman–Crippen MR) is 55.7 cm³/mol. The molecular weight excluding hydrogens is 222 g/mol. The average Bonchev–Trinajstić information content (AvgIpc) is 2.63. The number of hydrogen-bond acceptors (Lipinski definition) is 5. The van der Waals surface area contributed by atoms with Crippen molar-refractivity contribution in [2.75, 3.05) is 0 Å². The van der Waals surface area contributed by atoms with Crippen LogP contribution < -0.4 is 0 Å². The highest BCUT2D eigenvalue weighted by Crippen LogP contribution is 2.30. The molecule has 0 radical (unpaired) electrons. The Kier molecular flexibility index (Phi) is 2.22. The highest BCUT2D eigenvalue weighted by atomic mass is 32.2. The van der Waals surface area contributed by atoms with Crippen molar-refractivity contribution in [2.45, 2.75) is 0 Å². The molecule has 0 saturated carbocycles. The van der Waals surface area contributed by atoms with E-state index in [1.807, 2.05) is 11.4 Å². The zero-order chi connectivity index (χ0) is 10.1. The maximum atomic E-state index is 10.6. The molecule has 2 aromatic heterocycles. The number of carbonyl (C=O) groups is 1. The van der Waals surface area contributed by atoms with Gasteiger partial charge < -0.3 is 10.3 Å². The third-order valence-corrected chi connectivity index (χ3v) is 3.90. The van der Waals surface area contributed by atoms with E-state index in [2.05, 4.69) is 5.16 Å². The molecule has 0 amide bonds. The van der Waals surface area contributed by atoms with Crippen LogP contribution in [0.3, 0.4) is 0 Å². The van der Waals surface area contributed by atoms with Crippen LogP contribution in [0.1, 0.15) is 4.88 Å². The molecule has 2 N–H and O–H groups in total. The van der Waals surface area contributed by atoms with E-state index in [0.717, 1.165) is 9.40 Å². The Morgan fingerprint density at radius 2 is 2.29 bits per heavy atom. The van der Waals surface area contributed by atoms with E-state index in [9.17, 15) is 4.79 Å². The fourth-order valence-corrected chi connectivity index (χ4v) is 3.16. The number of carboxylic acid groups (broad SMARTS) is 1. The predicted octanol–water partition coefficient (Wildman–Crippen LogP) is 2.23. The maximum Gasteiger partial charge on any atom is 0.359 e. The first-order valence-electron chi connectivity index (χ1n) is 3.65. The lowest BCUT2D eigenvalue weighted by atomic mass is 10.3. The number of thiophene rings is 2.